The van der Waals surface area contributed by atoms with Gasteiger partial charge >= 0.3 is 29.3 Å². The maximum Gasteiger partial charge on any atom is 0.357 e. The molecule has 6 unspecified atom stereocenters. The van der Waals surface area contributed by atoms with Crippen molar-refractivity contribution in [3.05, 3.63) is 149 Å². The summed E-state index contributed by atoms with van der Waals surface area (Å²) in [5.41, 5.74) is -1.47. The number of phenols is 7. The number of Topliss-reactive ketones (excluding diaryl/α,β-unsaturated/α-hetero) is 1. The van der Waals surface area contributed by atoms with Crippen LogP contribution in [0.15, 0.2) is 116 Å². The van der Waals surface area contributed by atoms with Crippen molar-refractivity contribution in [1.82, 2.24) is 0 Å². The molecule has 0 saturated heterocycles. The number of aliphatic hydroxyl groups is 5. The summed E-state index contributed by atoms with van der Waals surface area (Å²) in [6.07, 6.45) is -1.68. The Morgan fingerprint density at radius 3 is 1.88 bits per heavy atom. The van der Waals surface area contributed by atoms with Crippen molar-refractivity contribution in [3.8, 4) is 80.5 Å². The number of ketones is 1. The first kappa shape index (κ1) is 55.4. The second-order valence-electron chi connectivity index (χ2n) is 19.5. The zero-order valence-corrected chi connectivity index (χ0v) is 42.3. The summed E-state index contributed by atoms with van der Waals surface area (Å²) in [4.78, 5) is 44.7. The third kappa shape index (κ3) is 9.56. The molecule has 4 aliphatic heterocycles. The molecular formula is C57H47FO24. The molecule has 0 radical (unpaired) electrons. The summed E-state index contributed by atoms with van der Waals surface area (Å²) in [5.74, 6) is -16.2. The van der Waals surface area contributed by atoms with Gasteiger partial charge in [0.15, 0.2) is 51.7 Å². The number of ether oxygens (including phenoxy) is 8. The van der Waals surface area contributed by atoms with E-state index in [-0.39, 0.29) is 69.4 Å². The first-order chi connectivity index (χ1) is 38.9. The molecule has 11 rings (SSSR count). The fourth-order valence-corrected chi connectivity index (χ4v) is 10.1. The lowest BCUT2D eigenvalue weighted by Gasteiger charge is -2.50. The number of aliphatic hydroxyl groups excluding tert-OH is 3. The number of rotatable bonds is 9. The molecule has 82 heavy (non-hydrogen) atoms. The van der Waals surface area contributed by atoms with Gasteiger partial charge in [0.05, 0.1) is 11.7 Å². The second-order valence-corrected chi connectivity index (χ2v) is 19.5. The normalized spacial score (nSPS) is 25.4. The van der Waals surface area contributed by atoms with Crippen LogP contribution in [0, 0.1) is 0 Å². The molecular weight excluding hydrogens is 1090 g/mol. The van der Waals surface area contributed by atoms with Gasteiger partial charge in [-0.25, -0.2) is 9.59 Å². The highest BCUT2D eigenvalue weighted by atomic mass is 19.3. The van der Waals surface area contributed by atoms with Gasteiger partial charge in [-0.05, 0) is 90.9 Å². The number of halogens is 1. The van der Waals surface area contributed by atoms with Crippen LogP contribution in [0.5, 0.6) is 80.5 Å². The number of carbonyl (C=O) groups is 3. The minimum Gasteiger partial charge on any atom is -0.508 e. The van der Waals surface area contributed by atoms with E-state index in [0.717, 1.165) is 54.6 Å². The van der Waals surface area contributed by atoms with Crippen molar-refractivity contribution >= 4 is 35.4 Å². The van der Waals surface area contributed by atoms with E-state index in [0.29, 0.717) is 5.56 Å². The average Bonchev–Trinajstić information content (AvgIpc) is 0.835. The summed E-state index contributed by atoms with van der Waals surface area (Å²) in [6.45, 7) is 4.82. The van der Waals surface area contributed by atoms with Crippen LogP contribution in [-0.2, 0) is 30.6 Å². The standard InChI is InChI=1S/C56H43FO22.CH4O2/c1-25-48-37(64)21-31(79-57)22-44(48)74-54(28-7-9-32(59)34(61)17-28)52(25)72-39-11-3-26(15-41(39)73-54)6-14-47(67)78-53(2)23-38(65)50(68)45(24-53)71-46(66)13-5-27-4-12-40-42(16-27)75-55(70)51(69)49-36(63)19-30(58)20-43(49)77-56(55,76-40)29-8-10-33(60)35(62)18-29;2-1-3/h3-22,38,45,50,52,58-65,68,70H,1,23-24H2,2H3;2-3H,1H2/b13-5+,14-6+;/t38-,45?,50?,52?,53-,54?,55?,56?;/m1./s1. The SMILES string of the molecule is C=C1c2c(O)cc(OF)cc2OC2(c3ccc(O)c(O)c3)Oc3cc(/C=C/C(=O)O[C@@]4(C)CC(OC(=O)/C=C/c5ccc6c(c5)OC5(O)C(=O)c7c(O)cc(O)cc7OC5(c5ccc(O)c(O)c5)O6)C(O)[C@H](O)C4)ccc3OC12.OCO. The molecule has 1 fully saturated rings. The Labute approximate surface area is 460 Å². The number of benzene rings is 6. The molecule has 6 aromatic carbocycles. The molecule has 0 aromatic heterocycles. The predicted octanol–water partition coefficient (Wildman–Crippen LogP) is 4.96. The summed E-state index contributed by atoms with van der Waals surface area (Å²) >= 11 is 0. The Hall–Kier alpha value is -9.92. The van der Waals surface area contributed by atoms with E-state index in [2.05, 4.69) is 11.5 Å². The summed E-state index contributed by atoms with van der Waals surface area (Å²) in [5, 5.41) is 121. The maximum absolute atomic E-state index is 14.1. The van der Waals surface area contributed by atoms with Gasteiger partial charge in [-0.3, -0.25) is 9.74 Å². The van der Waals surface area contributed by atoms with Crippen molar-refractivity contribution in [1.29, 1.82) is 0 Å². The van der Waals surface area contributed by atoms with Gasteiger partial charge in [0.2, 0.25) is 6.10 Å². The number of carbonyl (C=O) groups excluding carboxylic acids is 3. The molecule has 12 N–H and O–H groups in total. The van der Waals surface area contributed by atoms with Gasteiger partial charge in [-0.2, -0.15) is 0 Å². The summed E-state index contributed by atoms with van der Waals surface area (Å²) in [7, 11) is 0. The number of fused-ring (bicyclic) bond motifs is 6. The van der Waals surface area contributed by atoms with E-state index in [1.54, 1.807) is 6.07 Å². The monoisotopic (exact) mass is 1130 g/mol. The third-order valence-electron chi connectivity index (χ3n) is 13.9. The Kier molecular flexibility index (Phi) is 13.9. The van der Waals surface area contributed by atoms with Crippen LogP contribution in [0.3, 0.4) is 0 Å². The maximum atomic E-state index is 14.1. The van der Waals surface area contributed by atoms with Crippen molar-refractivity contribution in [2.24, 2.45) is 0 Å². The highest BCUT2D eigenvalue weighted by Gasteiger charge is 2.71. The summed E-state index contributed by atoms with van der Waals surface area (Å²) < 4.78 is 61.9. The number of phenolic OH excluding ortho intramolecular Hbond substituents is 7. The quantitative estimate of drug-likeness (QED) is 0.0394. The van der Waals surface area contributed by atoms with Crippen LogP contribution >= 0.6 is 0 Å². The molecule has 24 nitrogen and oxygen atoms in total. The van der Waals surface area contributed by atoms with Crippen molar-refractivity contribution in [2.45, 2.75) is 67.1 Å². The second kappa shape index (κ2) is 20.6. The Morgan fingerprint density at radius 1 is 0.646 bits per heavy atom. The van der Waals surface area contributed by atoms with Gasteiger partial charge in [0, 0.05) is 70.5 Å². The molecule has 0 bridgehead atoms. The minimum atomic E-state index is -3.15. The Balaban J connectivity index is 0.00000246. The fourth-order valence-electron chi connectivity index (χ4n) is 10.1. The Morgan fingerprint density at radius 2 is 1.22 bits per heavy atom. The topological polar surface area (TPSA) is 377 Å². The van der Waals surface area contributed by atoms with E-state index in [9.17, 15) is 70.0 Å². The van der Waals surface area contributed by atoms with Crippen LogP contribution in [0.4, 0.5) is 4.53 Å². The largest absolute Gasteiger partial charge is 0.508 e. The Bertz CT molecular complexity index is 3670. The molecule has 1 aliphatic carbocycles. The summed E-state index contributed by atoms with van der Waals surface area (Å²) in [6, 6.07) is 19.4. The van der Waals surface area contributed by atoms with Crippen LogP contribution in [-0.4, -0.2) is 122 Å². The first-order valence-corrected chi connectivity index (χ1v) is 24.4. The highest BCUT2D eigenvalue weighted by Crippen LogP contribution is 2.58. The van der Waals surface area contributed by atoms with E-state index < -0.39 is 129 Å². The number of aromatic hydroxyl groups is 7. The minimum absolute atomic E-state index is 0.0448. The van der Waals surface area contributed by atoms with Gasteiger partial charge in [0.25, 0.3) is 5.78 Å². The van der Waals surface area contributed by atoms with E-state index in [4.69, 9.17) is 48.1 Å². The molecule has 1 saturated carbocycles. The fraction of sp³-hybridized carbons (Fsp3) is 0.211. The lowest BCUT2D eigenvalue weighted by atomic mass is 9.80. The zero-order chi connectivity index (χ0) is 58.8. The van der Waals surface area contributed by atoms with Crippen LogP contribution < -0.4 is 33.4 Å². The molecule has 5 aliphatic rings. The smallest absolute Gasteiger partial charge is 0.357 e. The van der Waals surface area contributed by atoms with Crippen molar-refractivity contribution in [3.63, 3.8) is 0 Å². The van der Waals surface area contributed by atoms with E-state index >= 15 is 0 Å². The van der Waals surface area contributed by atoms with Gasteiger partial charge in [-0.15, -0.1) is 0 Å². The lowest BCUT2D eigenvalue weighted by Crippen LogP contribution is -2.70. The van der Waals surface area contributed by atoms with Gasteiger partial charge < -0.3 is 99.2 Å². The van der Waals surface area contributed by atoms with Gasteiger partial charge in [-0.1, -0.05) is 18.7 Å². The van der Waals surface area contributed by atoms with Crippen molar-refractivity contribution < 1.29 is 123 Å². The van der Waals surface area contributed by atoms with Gasteiger partial charge in [0.1, 0.15) is 58.9 Å². The molecule has 0 amide bonds. The van der Waals surface area contributed by atoms with E-state index in [1.165, 1.54) is 67.6 Å². The first-order valence-electron chi connectivity index (χ1n) is 24.4. The number of hydrogen-bond donors (Lipinski definition) is 12. The molecule has 426 valence electrons. The highest BCUT2D eigenvalue weighted by molar-refractivity contribution is 6.08. The molecule has 4 heterocycles. The molecule has 25 heteroatoms. The van der Waals surface area contributed by atoms with Crippen LogP contribution in [0.25, 0.3) is 17.7 Å². The number of hydrogen-bond acceptors (Lipinski definition) is 24. The number of esters is 2. The third-order valence-corrected chi connectivity index (χ3v) is 13.9. The molecule has 8 atom stereocenters. The average molecular weight is 1130 g/mol. The van der Waals surface area contributed by atoms with Crippen LogP contribution in [0.2, 0.25) is 0 Å². The zero-order valence-electron chi connectivity index (χ0n) is 42.3. The van der Waals surface area contributed by atoms with Crippen LogP contribution in [0.1, 0.15) is 57.9 Å². The predicted molar refractivity (Wildman–Crippen MR) is 274 cm³/mol. The van der Waals surface area contributed by atoms with Crippen molar-refractivity contribution in [2.75, 3.05) is 6.79 Å². The van der Waals surface area contributed by atoms with E-state index in [1.807, 2.05) is 0 Å². The molecule has 0 spiro atoms. The molecule has 6 aromatic rings. The lowest BCUT2D eigenvalue weighted by molar-refractivity contribution is -0.316.